The maximum absolute atomic E-state index is 14.7. The van der Waals surface area contributed by atoms with Gasteiger partial charge in [-0.15, -0.1) is 0 Å². The summed E-state index contributed by atoms with van der Waals surface area (Å²) in [6, 6.07) is 6.17. The van der Waals surface area contributed by atoms with Gasteiger partial charge in [0, 0.05) is 24.4 Å². The Bertz CT molecular complexity index is 1200. The van der Waals surface area contributed by atoms with Gasteiger partial charge in [-0.1, -0.05) is 19.9 Å². The van der Waals surface area contributed by atoms with Gasteiger partial charge in [-0.05, 0) is 72.4 Å². The molecule has 3 aromatic rings. The second-order valence-corrected chi connectivity index (χ2v) is 9.37. The third-order valence-corrected chi connectivity index (χ3v) is 6.62. The van der Waals surface area contributed by atoms with Crippen LogP contribution in [-0.4, -0.2) is 20.9 Å². The number of pyridine rings is 2. The average molecular weight is 469 g/mol. The number of aliphatic hydroxyl groups is 1. The molecule has 1 N–H and O–H groups in total. The molecule has 1 aliphatic carbocycles. The van der Waals surface area contributed by atoms with E-state index in [1.165, 1.54) is 12.5 Å². The Labute approximate surface area is 196 Å². The highest BCUT2D eigenvalue weighted by Crippen LogP contribution is 2.40. The van der Waals surface area contributed by atoms with E-state index in [0.29, 0.717) is 17.8 Å². The van der Waals surface area contributed by atoms with E-state index in [2.05, 4.69) is 23.8 Å². The second-order valence-electron chi connectivity index (χ2n) is 9.37. The van der Waals surface area contributed by atoms with Crippen LogP contribution in [0.2, 0.25) is 0 Å². The van der Waals surface area contributed by atoms with Crippen LogP contribution in [0.15, 0.2) is 42.7 Å². The molecule has 1 saturated carbocycles. The normalized spacial score (nSPS) is 20.4. The number of ketones is 1. The highest BCUT2D eigenvalue weighted by atomic mass is 19.1. The minimum atomic E-state index is -1.10. The molecule has 0 amide bonds. The number of hydrogen-bond acceptors (Lipinski definition) is 4. The van der Waals surface area contributed by atoms with Crippen molar-refractivity contribution in [2.24, 2.45) is 11.8 Å². The minimum absolute atomic E-state index is 0.00213. The lowest BCUT2D eigenvalue weighted by Crippen LogP contribution is -2.20. The first-order valence-corrected chi connectivity index (χ1v) is 11.5. The van der Waals surface area contributed by atoms with Gasteiger partial charge >= 0.3 is 0 Å². The molecule has 0 saturated heterocycles. The van der Waals surface area contributed by atoms with Crippen LogP contribution >= 0.6 is 0 Å². The number of benzene rings is 1. The van der Waals surface area contributed by atoms with Crippen LogP contribution in [0.5, 0.6) is 0 Å². The molecular formula is C27H27F3N2O2. The van der Waals surface area contributed by atoms with Crippen LogP contribution in [0.4, 0.5) is 13.2 Å². The van der Waals surface area contributed by atoms with Crippen molar-refractivity contribution in [3.05, 3.63) is 82.6 Å². The summed E-state index contributed by atoms with van der Waals surface area (Å²) < 4.78 is 43.7. The fraction of sp³-hybridized carbons (Fsp3) is 0.370. The van der Waals surface area contributed by atoms with Crippen molar-refractivity contribution in [3.8, 4) is 11.3 Å². The van der Waals surface area contributed by atoms with Crippen LogP contribution in [0.25, 0.3) is 11.3 Å². The second kappa shape index (κ2) is 10.1. The lowest BCUT2D eigenvalue weighted by molar-refractivity contribution is 0.0987. The van der Waals surface area contributed by atoms with E-state index in [9.17, 15) is 23.1 Å². The van der Waals surface area contributed by atoms with E-state index in [1.807, 2.05) is 6.07 Å². The Morgan fingerprint density at radius 2 is 1.68 bits per heavy atom. The standard InChI is InChI=1S/C27H27F3N2O2/c1-15-9-16(2)11-18(10-15)20-7-8-31-13-19(20)12-24(34)23-6-5-22(29)27(32-23)25-21(28)4-3-17(14-33)26(25)30/h3-8,13,15-16,18,33H,9-12,14H2,1-2H3/t15-,16+,18?. The quantitative estimate of drug-likeness (QED) is 0.450. The van der Waals surface area contributed by atoms with Gasteiger partial charge in [-0.2, -0.15) is 0 Å². The largest absolute Gasteiger partial charge is 0.392 e. The van der Waals surface area contributed by atoms with E-state index < -0.39 is 41.1 Å². The number of carbonyl (C=O) groups is 1. The van der Waals surface area contributed by atoms with Crippen LogP contribution in [0.1, 0.15) is 66.2 Å². The third-order valence-electron chi connectivity index (χ3n) is 6.62. The number of halogens is 3. The van der Waals surface area contributed by atoms with Gasteiger partial charge in [-0.3, -0.25) is 9.78 Å². The van der Waals surface area contributed by atoms with Gasteiger partial charge in [0.15, 0.2) is 5.78 Å². The highest BCUT2D eigenvalue weighted by Gasteiger charge is 2.28. The highest BCUT2D eigenvalue weighted by molar-refractivity contribution is 5.96. The van der Waals surface area contributed by atoms with Crippen LogP contribution in [0.3, 0.4) is 0 Å². The first kappa shape index (κ1) is 24.1. The molecule has 1 unspecified atom stereocenters. The first-order chi connectivity index (χ1) is 16.3. The van der Waals surface area contributed by atoms with Crippen molar-refractivity contribution < 1.29 is 23.1 Å². The number of carbonyl (C=O) groups excluding carboxylic acids is 1. The Morgan fingerprint density at radius 3 is 2.38 bits per heavy atom. The summed E-state index contributed by atoms with van der Waals surface area (Å²) >= 11 is 0. The zero-order valence-electron chi connectivity index (χ0n) is 19.2. The molecule has 0 bridgehead atoms. The zero-order chi connectivity index (χ0) is 24.4. The number of rotatable bonds is 6. The van der Waals surface area contributed by atoms with E-state index in [-0.39, 0.29) is 17.7 Å². The summed E-state index contributed by atoms with van der Waals surface area (Å²) in [5.41, 5.74) is 0.279. The van der Waals surface area contributed by atoms with Crippen molar-refractivity contribution in [1.82, 2.24) is 9.97 Å². The summed E-state index contributed by atoms with van der Waals surface area (Å²) in [5, 5.41) is 9.29. The maximum Gasteiger partial charge on any atom is 0.185 e. The van der Waals surface area contributed by atoms with Crippen molar-refractivity contribution in [3.63, 3.8) is 0 Å². The fourth-order valence-corrected chi connectivity index (χ4v) is 5.16. The number of aromatic nitrogens is 2. The van der Waals surface area contributed by atoms with Crippen molar-refractivity contribution in [1.29, 1.82) is 0 Å². The average Bonchev–Trinajstić information content (AvgIpc) is 2.80. The first-order valence-electron chi connectivity index (χ1n) is 11.5. The van der Waals surface area contributed by atoms with Crippen LogP contribution < -0.4 is 0 Å². The molecular weight excluding hydrogens is 441 g/mol. The van der Waals surface area contributed by atoms with Crippen LogP contribution in [0, 0.1) is 29.3 Å². The summed E-state index contributed by atoms with van der Waals surface area (Å²) in [6.07, 6.45) is 6.65. The van der Waals surface area contributed by atoms with Crippen molar-refractivity contribution in [2.75, 3.05) is 0 Å². The Balaban J connectivity index is 1.66. The molecule has 0 aliphatic heterocycles. The number of hydrogen-bond donors (Lipinski definition) is 1. The number of aliphatic hydroxyl groups excluding tert-OH is 1. The Kier molecular flexibility index (Phi) is 7.12. The minimum Gasteiger partial charge on any atom is -0.392 e. The SMILES string of the molecule is C[C@@H]1CC(c2ccncc2CC(=O)c2ccc(F)c(-c3c(F)ccc(CO)c3F)n2)C[C@H](C)C1. The number of nitrogens with zero attached hydrogens (tertiary/aromatic N) is 2. The van der Waals surface area contributed by atoms with Crippen molar-refractivity contribution in [2.45, 2.75) is 52.1 Å². The van der Waals surface area contributed by atoms with Gasteiger partial charge in [0.1, 0.15) is 28.8 Å². The van der Waals surface area contributed by atoms with E-state index >= 15 is 0 Å². The topological polar surface area (TPSA) is 63.1 Å². The molecule has 2 aromatic heterocycles. The number of Topliss-reactive ketones (excluding diaryl/α,β-unsaturated/α-hetero) is 1. The molecule has 1 aromatic carbocycles. The van der Waals surface area contributed by atoms with Gasteiger partial charge < -0.3 is 5.11 Å². The zero-order valence-corrected chi connectivity index (χ0v) is 19.2. The molecule has 0 spiro atoms. The Morgan fingerprint density at radius 1 is 0.971 bits per heavy atom. The molecule has 2 heterocycles. The van der Waals surface area contributed by atoms with Crippen LogP contribution in [-0.2, 0) is 13.0 Å². The smallest absolute Gasteiger partial charge is 0.185 e. The summed E-state index contributed by atoms with van der Waals surface area (Å²) in [6.45, 7) is 3.80. The Hall–Kier alpha value is -3.06. The molecule has 1 fully saturated rings. The molecule has 178 valence electrons. The molecule has 3 atom stereocenters. The fourth-order valence-electron chi connectivity index (χ4n) is 5.16. The summed E-state index contributed by atoms with van der Waals surface area (Å²) in [7, 11) is 0. The monoisotopic (exact) mass is 468 g/mol. The van der Waals surface area contributed by atoms with Gasteiger partial charge in [0.25, 0.3) is 0 Å². The van der Waals surface area contributed by atoms with E-state index in [1.54, 1.807) is 12.4 Å². The molecule has 7 heteroatoms. The van der Waals surface area contributed by atoms with E-state index in [0.717, 1.165) is 42.2 Å². The lowest BCUT2D eigenvalue weighted by Gasteiger charge is -2.32. The third kappa shape index (κ3) is 4.89. The molecule has 4 nitrogen and oxygen atoms in total. The summed E-state index contributed by atoms with van der Waals surface area (Å²) in [5.74, 6) is -1.99. The van der Waals surface area contributed by atoms with Gasteiger partial charge in [0.05, 0.1) is 12.2 Å². The molecule has 4 rings (SSSR count). The summed E-state index contributed by atoms with van der Waals surface area (Å²) in [4.78, 5) is 21.3. The van der Waals surface area contributed by atoms with Gasteiger partial charge in [-0.25, -0.2) is 18.2 Å². The van der Waals surface area contributed by atoms with Gasteiger partial charge in [0.2, 0.25) is 0 Å². The van der Waals surface area contributed by atoms with Crippen molar-refractivity contribution >= 4 is 5.78 Å². The molecule has 0 radical (unpaired) electrons. The molecule has 34 heavy (non-hydrogen) atoms. The maximum atomic E-state index is 14.7. The predicted molar refractivity (Wildman–Crippen MR) is 123 cm³/mol. The molecule has 1 aliphatic rings. The lowest BCUT2D eigenvalue weighted by atomic mass is 9.73. The predicted octanol–water partition coefficient (Wildman–Crippen LogP) is 6.02. The van der Waals surface area contributed by atoms with E-state index in [4.69, 9.17) is 0 Å².